The van der Waals surface area contributed by atoms with E-state index in [1.54, 1.807) is 60.7 Å². The molecule has 0 aromatic heterocycles. The number of hydrogen-bond donors (Lipinski definition) is 2. The Balaban J connectivity index is 1.92. The van der Waals surface area contributed by atoms with Gasteiger partial charge < -0.3 is 10.6 Å². The Hall–Kier alpha value is -2.64. The van der Waals surface area contributed by atoms with Gasteiger partial charge in [-0.2, -0.15) is 0 Å². The third-order valence-corrected chi connectivity index (χ3v) is 6.85. The maximum Gasteiger partial charge on any atom is 0.270 e. The van der Waals surface area contributed by atoms with Gasteiger partial charge >= 0.3 is 0 Å². The Morgan fingerprint density at radius 2 is 1.50 bits per heavy atom. The Labute approximate surface area is 168 Å². The van der Waals surface area contributed by atoms with Crippen LogP contribution in [0.4, 0.5) is 0 Å². The van der Waals surface area contributed by atoms with Crippen LogP contribution in [0.25, 0.3) is 5.03 Å². The number of benzene rings is 2. The minimum Gasteiger partial charge on any atom is -0.334 e. The number of carbonyl (C=O) groups excluding carboxylic acids is 2. The molecule has 146 valence electrons. The molecule has 1 heterocycles. The third-order valence-electron chi connectivity index (χ3n) is 4.37. The molecule has 1 aliphatic heterocycles. The normalized spacial score (nSPS) is 18.8. The highest BCUT2D eigenvalue weighted by Gasteiger charge is 2.34. The molecule has 1 saturated heterocycles. The van der Waals surface area contributed by atoms with E-state index in [2.05, 4.69) is 10.6 Å². The summed E-state index contributed by atoms with van der Waals surface area (Å²) in [5.74, 6) is -1.23. The summed E-state index contributed by atoms with van der Waals surface area (Å²) < 4.78 is 24.1. The van der Waals surface area contributed by atoms with Crippen molar-refractivity contribution < 1.29 is 18.0 Å². The van der Waals surface area contributed by atoms with Gasteiger partial charge in [0, 0.05) is 5.56 Å². The summed E-state index contributed by atoms with van der Waals surface area (Å²) in [6.07, 6.45) is 0.812. The first-order chi connectivity index (χ1) is 13.4. The highest BCUT2D eigenvalue weighted by atomic mass is 35.5. The fraction of sp³-hybridized carbons (Fsp3) is 0.200. The van der Waals surface area contributed by atoms with Crippen LogP contribution in [0, 0.1) is 0 Å². The molecule has 0 aliphatic carbocycles. The van der Waals surface area contributed by atoms with Gasteiger partial charge in [0.1, 0.15) is 11.1 Å². The van der Waals surface area contributed by atoms with Crippen molar-refractivity contribution >= 4 is 38.3 Å². The summed E-state index contributed by atoms with van der Waals surface area (Å²) in [7, 11) is -3.40. The Kier molecular flexibility index (Phi) is 6.16. The second-order valence-corrected chi connectivity index (χ2v) is 9.03. The maximum atomic E-state index is 12.8. The summed E-state index contributed by atoms with van der Waals surface area (Å²) in [5.41, 5.74) is 0.680. The molecule has 1 fully saturated rings. The molecule has 1 atom stereocenters. The first-order valence-electron chi connectivity index (χ1n) is 8.72. The topological polar surface area (TPSA) is 92.3 Å². The van der Waals surface area contributed by atoms with Crippen LogP contribution >= 0.6 is 11.6 Å². The summed E-state index contributed by atoms with van der Waals surface area (Å²) in [4.78, 5) is 25.4. The summed E-state index contributed by atoms with van der Waals surface area (Å²) in [6.45, 7) is 0. The first kappa shape index (κ1) is 20.1. The minimum atomic E-state index is -3.40. The number of amides is 2. The quantitative estimate of drug-likeness (QED) is 0.730. The average molecular weight is 419 g/mol. The van der Waals surface area contributed by atoms with Crippen LogP contribution in [0.15, 0.2) is 66.4 Å². The predicted molar refractivity (Wildman–Crippen MR) is 108 cm³/mol. The van der Waals surface area contributed by atoms with E-state index in [1.165, 1.54) is 0 Å². The molecule has 1 aliphatic rings. The van der Waals surface area contributed by atoms with Crippen molar-refractivity contribution in [2.24, 2.45) is 0 Å². The lowest BCUT2D eigenvalue weighted by Gasteiger charge is -2.16. The molecule has 3 rings (SSSR count). The van der Waals surface area contributed by atoms with Crippen molar-refractivity contribution in [3.8, 4) is 0 Å². The molecule has 0 bridgehead atoms. The number of nitrogens with one attached hydrogen (secondary N) is 2. The van der Waals surface area contributed by atoms with Crippen LogP contribution in [-0.4, -0.2) is 31.4 Å². The summed E-state index contributed by atoms with van der Waals surface area (Å²) in [5, 5.41) is 4.07. The summed E-state index contributed by atoms with van der Waals surface area (Å²) in [6, 6.07) is 17.0. The van der Waals surface area contributed by atoms with Gasteiger partial charge in [0.05, 0.1) is 10.8 Å². The number of halogens is 1. The van der Waals surface area contributed by atoms with Crippen LogP contribution in [0.5, 0.6) is 0 Å². The van der Waals surface area contributed by atoms with Crippen LogP contribution < -0.4 is 10.6 Å². The predicted octanol–water partition coefficient (Wildman–Crippen LogP) is 2.67. The average Bonchev–Trinajstić information content (AvgIpc) is 3.04. The van der Waals surface area contributed by atoms with Gasteiger partial charge in [-0.15, -0.1) is 0 Å². The molecule has 0 spiro atoms. The minimum absolute atomic E-state index is 0.0257. The van der Waals surface area contributed by atoms with Gasteiger partial charge in [-0.1, -0.05) is 60.1 Å². The van der Waals surface area contributed by atoms with Crippen LogP contribution in [0.2, 0.25) is 0 Å². The number of carbonyl (C=O) groups is 2. The molecule has 6 nitrogen and oxygen atoms in total. The fourth-order valence-electron chi connectivity index (χ4n) is 2.89. The second-order valence-electron chi connectivity index (χ2n) is 6.35. The zero-order valence-electron chi connectivity index (χ0n) is 14.9. The Bertz CT molecular complexity index is 1010. The lowest BCUT2D eigenvalue weighted by atomic mass is 10.1. The van der Waals surface area contributed by atoms with Crippen molar-refractivity contribution in [2.45, 2.75) is 18.2 Å². The summed E-state index contributed by atoms with van der Waals surface area (Å²) >= 11 is 6.41. The van der Waals surface area contributed by atoms with Gasteiger partial charge in [0.2, 0.25) is 0 Å². The lowest BCUT2D eigenvalue weighted by Crippen LogP contribution is -2.42. The molecule has 2 aromatic carbocycles. The van der Waals surface area contributed by atoms with Gasteiger partial charge in [-0.05, 0) is 30.5 Å². The van der Waals surface area contributed by atoms with Crippen molar-refractivity contribution in [1.29, 1.82) is 0 Å². The van der Waals surface area contributed by atoms with Crippen molar-refractivity contribution in [1.82, 2.24) is 10.6 Å². The standard InChI is InChI=1S/C20H19ClN2O4S/c21-17(14-8-3-1-4-9-14)18(23-19(24)15-10-5-2-6-11-15)20(25)22-16-12-7-13-28(16,26)27/h1-6,8-11,16H,7,12-13H2,(H,22,25)(H,23,24)/b18-17-/t16-/m0/s1. The van der Waals surface area contributed by atoms with Gasteiger partial charge in [0.15, 0.2) is 9.84 Å². The van der Waals surface area contributed by atoms with Gasteiger partial charge in [-0.3, -0.25) is 9.59 Å². The molecule has 0 radical (unpaired) electrons. The SMILES string of the molecule is O=C(N[C@@H]1CCCS1(=O)=O)/C(NC(=O)c1ccccc1)=C(/Cl)c1ccccc1. The number of hydrogen-bond acceptors (Lipinski definition) is 4. The van der Waals surface area contributed by atoms with E-state index in [-0.39, 0.29) is 16.5 Å². The molecular formula is C20H19ClN2O4S. The molecule has 2 N–H and O–H groups in total. The monoisotopic (exact) mass is 418 g/mol. The third kappa shape index (κ3) is 4.61. The number of sulfone groups is 1. The van der Waals surface area contributed by atoms with Crippen LogP contribution in [-0.2, 0) is 14.6 Å². The molecule has 8 heteroatoms. The first-order valence-corrected chi connectivity index (χ1v) is 10.8. The van der Waals surface area contributed by atoms with Gasteiger partial charge in [-0.25, -0.2) is 8.42 Å². The molecule has 28 heavy (non-hydrogen) atoms. The largest absolute Gasteiger partial charge is 0.334 e. The van der Waals surface area contributed by atoms with E-state index in [1.807, 2.05) is 0 Å². The lowest BCUT2D eigenvalue weighted by molar-refractivity contribution is -0.118. The fourth-order valence-corrected chi connectivity index (χ4v) is 4.81. The molecule has 2 aromatic rings. The van der Waals surface area contributed by atoms with Gasteiger partial charge in [0.25, 0.3) is 11.8 Å². The molecule has 0 saturated carbocycles. The van der Waals surface area contributed by atoms with E-state index >= 15 is 0 Å². The van der Waals surface area contributed by atoms with Crippen molar-refractivity contribution in [2.75, 3.05) is 5.75 Å². The molecule has 2 amide bonds. The highest BCUT2D eigenvalue weighted by molar-refractivity contribution is 7.92. The zero-order chi connectivity index (χ0) is 20.1. The van der Waals surface area contributed by atoms with E-state index in [0.29, 0.717) is 24.0 Å². The zero-order valence-corrected chi connectivity index (χ0v) is 16.5. The maximum absolute atomic E-state index is 12.8. The van der Waals surface area contributed by atoms with E-state index < -0.39 is 27.0 Å². The number of rotatable bonds is 5. The van der Waals surface area contributed by atoms with E-state index in [4.69, 9.17) is 11.6 Å². The Morgan fingerprint density at radius 3 is 2.04 bits per heavy atom. The smallest absolute Gasteiger partial charge is 0.270 e. The molecular weight excluding hydrogens is 400 g/mol. The highest BCUT2D eigenvalue weighted by Crippen LogP contribution is 2.24. The van der Waals surface area contributed by atoms with E-state index in [9.17, 15) is 18.0 Å². The van der Waals surface area contributed by atoms with Crippen molar-refractivity contribution in [3.05, 3.63) is 77.5 Å². The molecule has 0 unspecified atom stereocenters. The van der Waals surface area contributed by atoms with Crippen LogP contribution in [0.3, 0.4) is 0 Å². The van der Waals surface area contributed by atoms with Crippen molar-refractivity contribution in [3.63, 3.8) is 0 Å². The Morgan fingerprint density at radius 1 is 0.929 bits per heavy atom. The van der Waals surface area contributed by atoms with Crippen LogP contribution in [0.1, 0.15) is 28.8 Å². The second kappa shape index (κ2) is 8.58. The van der Waals surface area contributed by atoms with E-state index in [0.717, 1.165) is 0 Å².